The third kappa shape index (κ3) is 2.77. The first kappa shape index (κ1) is 16.8. The van der Waals surface area contributed by atoms with Gasteiger partial charge in [-0.3, -0.25) is 0 Å². The van der Waals surface area contributed by atoms with Gasteiger partial charge in [0.05, 0.1) is 0 Å². The van der Waals surface area contributed by atoms with E-state index >= 15 is 0 Å². The molecule has 0 spiro atoms. The van der Waals surface area contributed by atoms with E-state index in [4.69, 9.17) is 0 Å². The van der Waals surface area contributed by atoms with Gasteiger partial charge in [-0.15, -0.1) is 34.9 Å². The van der Waals surface area contributed by atoms with Crippen molar-refractivity contribution in [1.29, 1.82) is 0 Å². The fraction of sp³-hybridized carbons (Fsp3) is 0.136. The predicted octanol–water partition coefficient (Wildman–Crippen LogP) is 5.78. The average molecular weight is 489 g/mol. The Hall–Kier alpha value is -2.02. The van der Waals surface area contributed by atoms with Gasteiger partial charge in [-0.2, -0.15) is 0 Å². The number of nitrogens with zero attached hydrogens (tertiary/aromatic N) is 1. The molecule has 1 heterocycles. The minimum Gasteiger partial charge on any atom is -0.304 e. The first-order chi connectivity index (χ1) is 11.1. The Morgan fingerprint density at radius 1 is 0.792 bits per heavy atom. The molecule has 0 bridgehead atoms. The summed E-state index contributed by atoms with van der Waals surface area (Å²) in [5, 5.41) is 5.03. The van der Waals surface area contributed by atoms with Crippen molar-refractivity contribution in [2.24, 2.45) is 0 Å². The molecule has 0 amide bonds. The van der Waals surface area contributed by atoms with Gasteiger partial charge in [0.2, 0.25) is 0 Å². The Morgan fingerprint density at radius 3 is 2.33 bits per heavy atom. The van der Waals surface area contributed by atoms with Crippen LogP contribution in [0.3, 0.4) is 0 Å². The molecular formula is C22H18IrN-. The maximum absolute atomic E-state index is 4.66. The largest absolute Gasteiger partial charge is 0.304 e. The number of aryl methyl sites for hydroxylation is 3. The molecule has 0 unspecified atom stereocenters. The van der Waals surface area contributed by atoms with E-state index in [9.17, 15) is 0 Å². The fourth-order valence-corrected chi connectivity index (χ4v) is 3.42. The van der Waals surface area contributed by atoms with Gasteiger partial charge in [0, 0.05) is 26.3 Å². The molecule has 0 aliphatic carbocycles. The fourth-order valence-electron chi connectivity index (χ4n) is 3.42. The SMILES string of the molecule is Cc1[c-]c(-c2nccc3c2ccc2c(C)cccc23)cc(C)c1.[Ir]. The van der Waals surface area contributed by atoms with Gasteiger partial charge >= 0.3 is 0 Å². The first-order valence-corrected chi connectivity index (χ1v) is 7.91. The number of pyridine rings is 1. The summed E-state index contributed by atoms with van der Waals surface area (Å²) in [6.45, 7) is 6.36. The van der Waals surface area contributed by atoms with Crippen molar-refractivity contribution in [2.75, 3.05) is 0 Å². The van der Waals surface area contributed by atoms with E-state index < -0.39 is 0 Å². The van der Waals surface area contributed by atoms with E-state index in [1.807, 2.05) is 6.20 Å². The number of benzene rings is 3. The van der Waals surface area contributed by atoms with Crippen LogP contribution < -0.4 is 0 Å². The number of rotatable bonds is 1. The molecule has 4 aromatic rings. The number of hydrogen-bond acceptors (Lipinski definition) is 1. The molecule has 0 aliphatic heterocycles. The Labute approximate surface area is 156 Å². The zero-order chi connectivity index (χ0) is 16.0. The topological polar surface area (TPSA) is 12.9 Å². The number of hydrogen-bond donors (Lipinski definition) is 0. The second-order valence-electron chi connectivity index (χ2n) is 6.24. The van der Waals surface area contributed by atoms with Crippen LogP contribution in [-0.2, 0) is 20.1 Å². The molecule has 1 radical (unpaired) electrons. The second kappa shape index (κ2) is 6.47. The van der Waals surface area contributed by atoms with Crippen LogP contribution in [0.15, 0.2) is 54.7 Å². The Kier molecular flexibility index (Phi) is 4.53. The average Bonchev–Trinajstić information content (AvgIpc) is 2.53. The van der Waals surface area contributed by atoms with Gasteiger partial charge in [0.25, 0.3) is 0 Å². The molecule has 0 saturated carbocycles. The van der Waals surface area contributed by atoms with Crippen LogP contribution in [0, 0.1) is 26.8 Å². The van der Waals surface area contributed by atoms with Crippen molar-refractivity contribution in [3.05, 3.63) is 77.5 Å². The summed E-state index contributed by atoms with van der Waals surface area (Å²) in [5.41, 5.74) is 5.78. The third-order valence-corrected chi connectivity index (χ3v) is 4.42. The molecule has 4 rings (SSSR count). The van der Waals surface area contributed by atoms with Crippen molar-refractivity contribution in [3.63, 3.8) is 0 Å². The Bertz CT molecular complexity index is 1030. The molecule has 2 heteroatoms. The minimum atomic E-state index is 0. The summed E-state index contributed by atoms with van der Waals surface area (Å²) in [7, 11) is 0. The molecule has 0 atom stereocenters. The summed E-state index contributed by atoms with van der Waals surface area (Å²) in [4.78, 5) is 4.66. The third-order valence-electron chi connectivity index (χ3n) is 4.42. The van der Waals surface area contributed by atoms with E-state index in [0.29, 0.717) is 0 Å². The molecule has 121 valence electrons. The zero-order valence-corrected chi connectivity index (χ0v) is 16.4. The molecule has 0 aliphatic rings. The molecule has 1 nitrogen and oxygen atoms in total. The van der Waals surface area contributed by atoms with E-state index in [0.717, 1.165) is 16.8 Å². The monoisotopic (exact) mass is 489 g/mol. The second-order valence-corrected chi connectivity index (χ2v) is 6.24. The van der Waals surface area contributed by atoms with Crippen molar-refractivity contribution >= 4 is 21.5 Å². The van der Waals surface area contributed by atoms with Crippen LogP contribution in [0.4, 0.5) is 0 Å². The van der Waals surface area contributed by atoms with Crippen LogP contribution in [0.2, 0.25) is 0 Å². The van der Waals surface area contributed by atoms with Gasteiger partial charge < -0.3 is 4.98 Å². The summed E-state index contributed by atoms with van der Waals surface area (Å²) < 4.78 is 0. The van der Waals surface area contributed by atoms with E-state index in [-0.39, 0.29) is 20.1 Å². The predicted molar refractivity (Wildman–Crippen MR) is 97.7 cm³/mol. The van der Waals surface area contributed by atoms with Crippen LogP contribution >= 0.6 is 0 Å². The standard InChI is InChI=1S/C22H18N.Ir/c1-14-11-15(2)13-17(12-14)22-21-8-7-18-16(3)5-4-6-19(18)20(21)9-10-23-22;/h4-12H,1-3H3;/q-1;. The maximum Gasteiger partial charge on any atom is 0.0167 e. The van der Waals surface area contributed by atoms with E-state index in [2.05, 4.69) is 80.4 Å². The van der Waals surface area contributed by atoms with Crippen LogP contribution in [-0.4, -0.2) is 4.98 Å². The first-order valence-electron chi connectivity index (χ1n) is 7.91. The number of aromatic nitrogens is 1. The van der Waals surface area contributed by atoms with Crippen LogP contribution in [0.1, 0.15) is 16.7 Å². The smallest absolute Gasteiger partial charge is 0.0167 e. The molecule has 3 aromatic carbocycles. The number of fused-ring (bicyclic) bond motifs is 3. The van der Waals surface area contributed by atoms with Crippen LogP contribution in [0.5, 0.6) is 0 Å². The Morgan fingerprint density at radius 2 is 1.54 bits per heavy atom. The van der Waals surface area contributed by atoms with Gasteiger partial charge in [-0.25, -0.2) is 0 Å². The Balaban J connectivity index is 0.00000169. The molecule has 1 aromatic heterocycles. The summed E-state index contributed by atoms with van der Waals surface area (Å²) in [6.07, 6.45) is 1.91. The summed E-state index contributed by atoms with van der Waals surface area (Å²) >= 11 is 0. The minimum absolute atomic E-state index is 0. The van der Waals surface area contributed by atoms with Crippen molar-refractivity contribution in [1.82, 2.24) is 4.98 Å². The van der Waals surface area contributed by atoms with Crippen LogP contribution in [0.25, 0.3) is 32.8 Å². The molecular weight excluding hydrogens is 470 g/mol. The summed E-state index contributed by atoms with van der Waals surface area (Å²) in [5.74, 6) is 0. The van der Waals surface area contributed by atoms with Crippen molar-refractivity contribution in [2.45, 2.75) is 20.8 Å². The van der Waals surface area contributed by atoms with Gasteiger partial charge in [-0.1, -0.05) is 44.2 Å². The molecule has 0 saturated heterocycles. The molecule has 24 heavy (non-hydrogen) atoms. The van der Waals surface area contributed by atoms with Crippen molar-refractivity contribution < 1.29 is 20.1 Å². The molecule has 0 fully saturated rings. The summed E-state index contributed by atoms with van der Waals surface area (Å²) in [6, 6.07) is 20.8. The maximum atomic E-state index is 4.66. The quantitative estimate of drug-likeness (QED) is 0.245. The normalized spacial score (nSPS) is 10.8. The van der Waals surface area contributed by atoms with Gasteiger partial charge in [-0.05, 0) is 45.8 Å². The van der Waals surface area contributed by atoms with E-state index in [1.54, 1.807) is 0 Å². The molecule has 0 N–H and O–H groups in total. The van der Waals surface area contributed by atoms with Gasteiger partial charge in [0.1, 0.15) is 0 Å². The van der Waals surface area contributed by atoms with Crippen molar-refractivity contribution in [3.8, 4) is 11.3 Å². The van der Waals surface area contributed by atoms with Gasteiger partial charge in [0.15, 0.2) is 0 Å². The van der Waals surface area contributed by atoms with E-state index in [1.165, 1.54) is 32.7 Å². The zero-order valence-electron chi connectivity index (χ0n) is 14.0.